The number of oxazole rings is 1. The van der Waals surface area contributed by atoms with Gasteiger partial charge in [-0.05, 0) is 50.9 Å². The Morgan fingerprint density at radius 1 is 1.29 bits per heavy atom. The first-order valence-electron chi connectivity index (χ1n) is 9.86. The van der Waals surface area contributed by atoms with Gasteiger partial charge in [0.2, 0.25) is 5.89 Å². The van der Waals surface area contributed by atoms with Gasteiger partial charge in [0.1, 0.15) is 6.26 Å². The minimum absolute atomic E-state index is 0. The summed E-state index contributed by atoms with van der Waals surface area (Å²) in [6.07, 6.45) is 4.27. The van der Waals surface area contributed by atoms with E-state index < -0.39 is 0 Å². The summed E-state index contributed by atoms with van der Waals surface area (Å²) >= 11 is 0. The van der Waals surface area contributed by atoms with Crippen molar-refractivity contribution in [3.05, 3.63) is 41.8 Å². The number of hydrogen-bond acceptors (Lipinski definition) is 4. The van der Waals surface area contributed by atoms with Crippen LogP contribution in [0.25, 0.3) is 11.5 Å². The Morgan fingerprint density at radius 3 is 2.79 bits per heavy atom. The smallest absolute Gasteiger partial charge is 0.226 e. The molecule has 1 aromatic carbocycles. The second kappa shape index (κ2) is 11.4. The largest absolute Gasteiger partial charge is 0.444 e. The van der Waals surface area contributed by atoms with E-state index in [-0.39, 0.29) is 24.0 Å². The van der Waals surface area contributed by atoms with Crippen LogP contribution in [0, 0.1) is 12.8 Å². The van der Waals surface area contributed by atoms with E-state index in [2.05, 4.69) is 51.5 Å². The highest BCUT2D eigenvalue weighted by Crippen LogP contribution is 2.19. The number of aliphatic imine (C=N–C) groups is 1. The van der Waals surface area contributed by atoms with E-state index in [1.807, 2.05) is 12.1 Å². The summed E-state index contributed by atoms with van der Waals surface area (Å²) in [6, 6.07) is 8.19. The number of aryl methyl sites for hydroxylation is 1. The lowest BCUT2D eigenvalue weighted by Crippen LogP contribution is -2.44. The van der Waals surface area contributed by atoms with Gasteiger partial charge in [0.15, 0.2) is 5.96 Å². The minimum Gasteiger partial charge on any atom is -0.444 e. The predicted octanol–water partition coefficient (Wildman–Crippen LogP) is 3.66. The Hall–Kier alpha value is -1.61. The molecular formula is C21H32IN5O. The molecule has 1 aromatic heterocycles. The maximum absolute atomic E-state index is 5.62. The Bertz CT molecular complexity index is 744. The molecule has 2 aromatic rings. The number of nitrogens with zero attached hydrogens (tertiary/aromatic N) is 3. The molecule has 1 atom stereocenters. The highest BCUT2D eigenvalue weighted by molar-refractivity contribution is 14.0. The number of nitrogens with one attached hydrogen (secondary N) is 2. The second-order valence-electron chi connectivity index (χ2n) is 7.22. The fourth-order valence-corrected chi connectivity index (χ4v) is 3.46. The number of benzene rings is 1. The Labute approximate surface area is 185 Å². The van der Waals surface area contributed by atoms with Crippen molar-refractivity contribution >= 4 is 29.9 Å². The highest BCUT2D eigenvalue weighted by atomic mass is 127. The van der Waals surface area contributed by atoms with Gasteiger partial charge < -0.3 is 20.0 Å². The van der Waals surface area contributed by atoms with Gasteiger partial charge in [-0.2, -0.15) is 0 Å². The van der Waals surface area contributed by atoms with Gasteiger partial charge >= 0.3 is 0 Å². The first-order valence-corrected chi connectivity index (χ1v) is 9.86. The van der Waals surface area contributed by atoms with Crippen LogP contribution in [0.3, 0.4) is 0 Å². The van der Waals surface area contributed by atoms with Crippen LogP contribution in [-0.4, -0.2) is 49.1 Å². The van der Waals surface area contributed by atoms with Crippen molar-refractivity contribution in [2.24, 2.45) is 10.9 Å². The number of likely N-dealkylation sites (tertiary alicyclic amines) is 1. The van der Waals surface area contributed by atoms with Gasteiger partial charge in [-0.1, -0.05) is 24.6 Å². The average Bonchev–Trinajstić information content (AvgIpc) is 3.18. The maximum atomic E-state index is 5.62. The zero-order valence-electron chi connectivity index (χ0n) is 17.1. The van der Waals surface area contributed by atoms with Gasteiger partial charge in [0, 0.05) is 25.7 Å². The van der Waals surface area contributed by atoms with Crippen LogP contribution < -0.4 is 10.6 Å². The second-order valence-corrected chi connectivity index (χ2v) is 7.22. The predicted molar refractivity (Wildman–Crippen MR) is 125 cm³/mol. The van der Waals surface area contributed by atoms with E-state index in [9.17, 15) is 0 Å². The van der Waals surface area contributed by atoms with Crippen LogP contribution in [0.15, 0.2) is 39.9 Å². The molecule has 1 unspecified atom stereocenters. The van der Waals surface area contributed by atoms with Gasteiger partial charge in [0.05, 0.1) is 12.2 Å². The molecular weight excluding hydrogens is 465 g/mol. The molecule has 7 heteroatoms. The first-order chi connectivity index (χ1) is 13.2. The summed E-state index contributed by atoms with van der Waals surface area (Å²) in [5, 5.41) is 6.78. The lowest BCUT2D eigenvalue weighted by Gasteiger charge is -2.32. The molecule has 2 N–H and O–H groups in total. The van der Waals surface area contributed by atoms with Gasteiger partial charge in [-0.25, -0.2) is 4.98 Å². The maximum Gasteiger partial charge on any atom is 0.226 e. The third-order valence-corrected chi connectivity index (χ3v) is 5.12. The van der Waals surface area contributed by atoms with E-state index in [0.29, 0.717) is 18.4 Å². The fourth-order valence-electron chi connectivity index (χ4n) is 3.46. The van der Waals surface area contributed by atoms with Crippen LogP contribution >= 0.6 is 24.0 Å². The molecule has 0 saturated carbocycles. The van der Waals surface area contributed by atoms with Crippen LogP contribution in [0.2, 0.25) is 0 Å². The summed E-state index contributed by atoms with van der Waals surface area (Å²) in [5.74, 6) is 2.14. The summed E-state index contributed by atoms with van der Waals surface area (Å²) in [7, 11) is 1.80. The van der Waals surface area contributed by atoms with Crippen molar-refractivity contribution in [1.82, 2.24) is 20.5 Å². The zero-order chi connectivity index (χ0) is 19.1. The van der Waals surface area contributed by atoms with Crippen molar-refractivity contribution in [2.75, 3.05) is 33.2 Å². The van der Waals surface area contributed by atoms with E-state index in [1.165, 1.54) is 31.5 Å². The lowest BCUT2D eigenvalue weighted by atomic mass is 9.98. The number of rotatable bonds is 6. The molecule has 0 aliphatic carbocycles. The SMILES string of the molecule is CCN1CCCC(CNC(=NC)NCc2coc(-c3ccc(C)cc3)n2)C1.I. The van der Waals surface area contributed by atoms with Crippen LogP contribution in [0.1, 0.15) is 31.0 Å². The quantitative estimate of drug-likeness (QED) is 0.362. The molecule has 28 heavy (non-hydrogen) atoms. The van der Waals surface area contributed by atoms with Crippen molar-refractivity contribution in [3.8, 4) is 11.5 Å². The Morgan fingerprint density at radius 2 is 2.07 bits per heavy atom. The van der Waals surface area contributed by atoms with Crippen molar-refractivity contribution in [2.45, 2.75) is 33.2 Å². The topological polar surface area (TPSA) is 65.7 Å². The van der Waals surface area contributed by atoms with Crippen molar-refractivity contribution in [3.63, 3.8) is 0 Å². The third-order valence-electron chi connectivity index (χ3n) is 5.12. The molecule has 0 amide bonds. The molecule has 1 saturated heterocycles. The first kappa shape index (κ1) is 22.7. The summed E-state index contributed by atoms with van der Waals surface area (Å²) in [4.78, 5) is 11.4. The number of guanidine groups is 1. The van der Waals surface area contributed by atoms with Crippen LogP contribution in [0.5, 0.6) is 0 Å². The molecule has 6 nitrogen and oxygen atoms in total. The minimum atomic E-state index is 0. The van der Waals surface area contributed by atoms with E-state index >= 15 is 0 Å². The van der Waals surface area contributed by atoms with Gasteiger partial charge in [-0.15, -0.1) is 24.0 Å². The van der Waals surface area contributed by atoms with Crippen LogP contribution in [-0.2, 0) is 6.54 Å². The molecule has 0 bridgehead atoms. The standard InChI is InChI=1S/C21H31N5O.HI/c1-4-26-11-5-6-17(14-26)12-23-21(22-3)24-13-19-15-27-20(25-19)18-9-7-16(2)8-10-18;/h7-10,15,17H,4-6,11-14H2,1-3H3,(H2,22,23,24);1H. The summed E-state index contributed by atoms with van der Waals surface area (Å²) < 4.78 is 5.62. The molecule has 3 rings (SSSR count). The molecule has 1 aliphatic rings. The number of piperidine rings is 1. The Kier molecular flexibility index (Phi) is 9.24. The molecule has 2 heterocycles. The highest BCUT2D eigenvalue weighted by Gasteiger charge is 2.18. The Balaban J connectivity index is 0.00000280. The molecule has 1 fully saturated rings. The van der Waals surface area contributed by atoms with E-state index in [1.54, 1.807) is 13.3 Å². The van der Waals surface area contributed by atoms with Crippen LogP contribution in [0.4, 0.5) is 0 Å². The number of halogens is 1. The van der Waals surface area contributed by atoms with E-state index in [0.717, 1.165) is 30.3 Å². The number of aromatic nitrogens is 1. The number of hydrogen-bond donors (Lipinski definition) is 2. The normalized spacial score (nSPS) is 17.8. The molecule has 0 radical (unpaired) electrons. The molecule has 0 spiro atoms. The third kappa shape index (κ3) is 6.48. The van der Waals surface area contributed by atoms with E-state index in [4.69, 9.17) is 4.42 Å². The lowest BCUT2D eigenvalue weighted by molar-refractivity contribution is 0.183. The zero-order valence-corrected chi connectivity index (χ0v) is 19.4. The van der Waals surface area contributed by atoms with Gasteiger partial charge in [-0.3, -0.25) is 4.99 Å². The van der Waals surface area contributed by atoms with Gasteiger partial charge in [0.25, 0.3) is 0 Å². The fraction of sp³-hybridized carbons (Fsp3) is 0.524. The molecule has 154 valence electrons. The monoisotopic (exact) mass is 497 g/mol. The summed E-state index contributed by atoms with van der Waals surface area (Å²) in [6.45, 7) is 9.38. The average molecular weight is 497 g/mol. The molecule has 1 aliphatic heterocycles. The summed E-state index contributed by atoms with van der Waals surface area (Å²) in [5.41, 5.74) is 3.08. The van der Waals surface area contributed by atoms with Crippen molar-refractivity contribution < 1.29 is 4.42 Å². The van der Waals surface area contributed by atoms with Crippen molar-refractivity contribution in [1.29, 1.82) is 0 Å².